The zero-order valence-corrected chi connectivity index (χ0v) is 18.5. The second-order valence-electron chi connectivity index (χ2n) is 8.59. The number of benzene rings is 2. The summed E-state index contributed by atoms with van der Waals surface area (Å²) in [7, 11) is 0. The molecule has 1 fully saturated rings. The molecular weight excluding hydrogens is 398 g/mol. The monoisotopic (exact) mass is 425 g/mol. The van der Waals surface area contributed by atoms with Crippen molar-refractivity contribution in [2.75, 3.05) is 18.5 Å². The molecule has 2 aromatic carbocycles. The Morgan fingerprint density at radius 3 is 2.53 bits per heavy atom. The van der Waals surface area contributed by atoms with Crippen LogP contribution < -0.4 is 5.32 Å². The van der Waals surface area contributed by atoms with Crippen molar-refractivity contribution in [2.24, 2.45) is 0 Å². The largest absolute Gasteiger partial charge is 0.381 e. The van der Waals surface area contributed by atoms with Crippen molar-refractivity contribution in [2.45, 2.75) is 32.1 Å². The summed E-state index contributed by atoms with van der Waals surface area (Å²) >= 11 is 0. The number of carbonyl (C=O) groups is 1. The third kappa shape index (κ3) is 3.59. The van der Waals surface area contributed by atoms with E-state index in [4.69, 9.17) is 9.72 Å². The molecular formula is C27H27N3O2. The van der Waals surface area contributed by atoms with E-state index < -0.39 is 5.41 Å². The molecule has 0 bridgehead atoms. The number of ether oxygens (including phenoxy) is 1. The Morgan fingerprint density at radius 1 is 1.00 bits per heavy atom. The molecule has 1 amide bonds. The highest BCUT2D eigenvalue weighted by Gasteiger charge is 2.41. The molecule has 0 saturated carbocycles. The molecule has 32 heavy (non-hydrogen) atoms. The second-order valence-corrected chi connectivity index (χ2v) is 8.59. The minimum absolute atomic E-state index is 0.0260. The first-order valence-corrected chi connectivity index (χ1v) is 11.1. The Bertz CT molecular complexity index is 1270. The van der Waals surface area contributed by atoms with E-state index in [1.54, 1.807) is 0 Å². The van der Waals surface area contributed by atoms with Crippen molar-refractivity contribution in [1.82, 2.24) is 9.38 Å². The Morgan fingerprint density at radius 2 is 1.78 bits per heavy atom. The maximum Gasteiger partial charge on any atom is 0.235 e. The fourth-order valence-electron chi connectivity index (χ4n) is 4.57. The Kier molecular flexibility index (Phi) is 5.27. The van der Waals surface area contributed by atoms with Gasteiger partial charge in [-0.25, -0.2) is 4.98 Å². The van der Waals surface area contributed by atoms with E-state index in [0.29, 0.717) is 26.1 Å². The number of hydrogen-bond acceptors (Lipinski definition) is 3. The number of hydrogen-bond donors (Lipinski definition) is 1. The number of anilines is 1. The van der Waals surface area contributed by atoms with Crippen LogP contribution in [-0.2, 0) is 14.9 Å². The number of fused-ring (bicyclic) bond motifs is 1. The zero-order chi connectivity index (χ0) is 22.1. The van der Waals surface area contributed by atoms with E-state index >= 15 is 0 Å². The highest BCUT2D eigenvalue weighted by molar-refractivity contribution is 6.00. The SMILES string of the molecule is Cc1ccc(-c2cn3cccc(C)c3n2)cc1NC(=O)C1(c2ccccc2)CCOCC1. The lowest BCUT2D eigenvalue weighted by atomic mass is 9.73. The average molecular weight is 426 g/mol. The van der Waals surface area contributed by atoms with Crippen molar-refractivity contribution >= 4 is 17.2 Å². The van der Waals surface area contributed by atoms with Crippen LogP contribution >= 0.6 is 0 Å². The number of imidazole rings is 1. The molecule has 0 spiro atoms. The number of rotatable bonds is 4. The number of aromatic nitrogens is 2. The number of pyridine rings is 1. The number of nitrogens with one attached hydrogen (secondary N) is 1. The van der Waals surface area contributed by atoms with Gasteiger partial charge < -0.3 is 14.5 Å². The van der Waals surface area contributed by atoms with Crippen molar-refractivity contribution in [3.05, 3.63) is 89.7 Å². The van der Waals surface area contributed by atoms with E-state index in [1.165, 1.54) is 0 Å². The van der Waals surface area contributed by atoms with Crippen LogP contribution in [0, 0.1) is 13.8 Å². The van der Waals surface area contributed by atoms with Crippen LogP contribution in [0.5, 0.6) is 0 Å². The van der Waals surface area contributed by atoms with E-state index in [-0.39, 0.29) is 5.91 Å². The van der Waals surface area contributed by atoms with Gasteiger partial charge in [0.15, 0.2) is 0 Å². The summed E-state index contributed by atoms with van der Waals surface area (Å²) in [6.45, 7) is 5.25. The lowest BCUT2D eigenvalue weighted by molar-refractivity contribution is -0.125. The van der Waals surface area contributed by atoms with Gasteiger partial charge in [-0.1, -0.05) is 48.5 Å². The van der Waals surface area contributed by atoms with Gasteiger partial charge >= 0.3 is 0 Å². The van der Waals surface area contributed by atoms with Crippen molar-refractivity contribution in [3.63, 3.8) is 0 Å². The van der Waals surface area contributed by atoms with Gasteiger partial charge in [0, 0.05) is 36.9 Å². The molecule has 3 heterocycles. The molecule has 0 atom stereocenters. The third-order valence-electron chi connectivity index (χ3n) is 6.57. The lowest BCUT2D eigenvalue weighted by Crippen LogP contribution is -2.44. The molecule has 1 N–H and O–H groups in total. The first-order valence-electron chi connectivity index (χ1n) is 11.1. The number of nitrogens with zero attached hydrogens (tertiary/aromatic N) is 2. The highest BCUT2D eigenvalue weighted by atomic mass is 16.5. The van der Waals surface area contributed by atoms with Crippen molar-refractivity contribution in [3.8, 4) is 11.3 Å². The van der Waals surface area contributed by atoms with Gasteiger partial charge in [0.1, 0.15) is 5.65 Å². The standard InChI is InChI=1S/C27H27N3O2/c1-19-10-11-21(24-18-30-14-6-7-20(2)25(30)28-24)17-23(19)29-26(31)27(12-15-32-16-13-27)22-8-4-3-5-9-22/h3-11,14,17-18H,12-13,15-16H2,1-2H3,(H,29,31). The Hall–Kier alpha value is -3.44. The van der Waals surface area contributed by atoms with Crippen LogP contribution in [0.25, 0.3) is 16.9 Å². The third-order valence-corrected chi connectivity index (χ3v) is 6.57. The summed E-state index contributed by atoms with van der Waals surface area (Å²) in [5, 5.41) is 3.25. The summed E-state index contributed by atoms with van der Waals surface area (Å²) in [4.78, 5) is 18.5. The quantitative estimate of drug-likeness (QED) is 0.482. The van der Waals surface area contributed by atoms with Crippen LogP contribution in [0.2, 0.25) is 0 Å². The Labute approximate surface area is 188 Å². The topological polar surface area (TPSA) is 55.6 Å². The maximum atomic E-state index is 13.7. The minimum atomic E-state index is -0.581. The van der Waals surface area contributed by atoms with Crippen LogP contribution in [0.1, 0.15) is 29.5 Å². The van der Waals surface area contributed by atoms with Gasteiger partial charge in [-0.15, -0.1) is 0 Å². The second kappa shape index (κ2) is 8.24. The number of aryl methyl sites for hydroxylation is 2. The normalized spacial score (nSPS) is 15.6. The molecule has 5 heteroatoms. The maximum absolute atomic E-state index is 13.7. The average Bonchev–Trinajstić information content (AvgIpc) is 3.27. The van der Waals surface area contributed by atoms with Gasteiger partial charge in [0.2, 0.25) is 5.91 Å². The number of amides is 1. The molecule has 4 aromatic rings. The lowest BCUT2D eigenvalue weighted by Gasteiger charge is -2.36. The fraction of sp³-hybridized carbons (Fsp3) is 0.259. The van der Waals surface area contributed by atoms with E-state index in [1.807, 2.05) is 72.2 Å². The van der Waals surface area contributed by atoms with E-state index in [2.05, 4.69) is 24.4 Å². The molecule has 1 saturated heterocycles. The first kappa shape index (κ1) is 20.5. The van der Waals surface area contributed by atoms with Crippen LogP contribution in [-0.4, -0.2) is 28.5 Å². The van der Waals surface area contributed by atoms with Gasteiger partial charge in [-0.3, -0.25) is 4.79 Å². The minimum Gasteiger partial charge on any atom is -0.381 e. The zero-order valence-electron chi connectivity index (χ0n) is 18.5. The van der Waals surface area contributed by atoms with Crippen LogP contribution in [0.15, 0.2) is 73.1 Å². The Balaban J connectivity index is 1.49. The van der Waals surface area contributed by atoms with Gasteiger partial charge in [0.05, 0.1) is 11.1 Å². The summed E-state index contributed by atoms with van der Waals surface area (Å²) < 4.78 is 7.63. The van der Waals surface area contributed by atoms with E-state index in [0.717, 1.165) is 39.3 Å². The smallest absolute Gasteiger partial charge is 0.235 e. The molecule has 1 aliphatic heterocycles. The predicted octanol–water partition coefficient (Wildman–Crippen LogP) is 5.31. The molecule has 0 aliphatic carbocycles. The van der Waals surface area contributed by atoms with Crippen LogP contribution in [0.4, 0.5) is 5.69 Å². The molecule has 0 unspecified atom stereocenters. The predicted molar refractivity (Wildman–Crippen MR) is 127 cm³/mol. The van der Waals surface area contributed by atoms with Crippen LogP contribution in [0.3, 0.4) is 0 Å². The molecule has 162 valence electrons. The number of carbonyl (C=O) groups excluding carboxylic acids is 1. The summed E-state index contributed by atoms with van der Waals surface area (Å²) in [6.07, 6.45) is 5.38. The van der Waals surface area contributed by atoms with E-state index in [9.17, 15) is 4.79 Å². The molecule has 1 aliphatic rings. The van der Waals surface area contributed by atoms with Gasteiger partial charge in [-0.05, 0) is 55.5 Å². The van der Waals surface area contributed by atoms with Gasteiger partial charge in [-0.2, -0.15) is 0 Å². The van der Waals surface area contributed by atoms with Crippen molar-refractivity contribution in [1.29, 1.82) is 0 Å². The fourth-order valence-corrected chi connectivity index (χ4v) is 4.57. The molecule has 5 nitrogen and oxygen atoms in total. The summed E-state index contributed by atoms with van der Waals surface area (Å²) in [5.41, 5.74) is 6.25. The molecule has 0 radical (unpaired) electrons. The molecule has 2 aromatic heterocycles. The van der Waals surface area contributed by atoms with Gasteiger partial charge in [0.25, 0.3) is 0 Å². The summed E-state index contributed by atoms with van der Waals surface area (Å²) in [5.74, 6) is 0.0260. The van der Waals surface area contributed by atoms with Crippen molar-refractivity contribution < 1.29 is 9.53 Å². The summed E-state index contributed by atoms with van der Waals surface area (Å²) in [6, 6.07) is 20.3. The highest BCUT2D eigenvalue weighted by Crippen LogP contribution is 2.37. The first-order chi connectivity index (χ1) is 15.6. The molecule has 5 rings (SSSR count).